The standard InChI is InChI=1S/C28H37N3O3/c1-2-34-28(33)26-29-25-12-4-3-11-24(25)27(32)31(26)23-16-20-9-6-10-21(17-23)30(20)22-14-18-7-5-8-19(13-18)15-22/h3-4,11-12,18-23H,2,5-10,13-17H2,1H3/t18-,19+,20-,21+,22-,23-. The van der Waals surface area contributed by atoms with Crippen molar-refractivity contribution in [3.8, 4) is 0 Å². The number of aromatic nitrogens is 2. The van der Waals surface area contributed by atoms with Gasteiger partial charge in [0.25, 0.3) is 5.56 Å². The second kappa shape index (κ2) is 9.10. The predicted molar refractivity (Wildman–Crippen MR) is 132 cm³/mol. The average molecular weight is 464 g/mol. The molecule has 1 aromatic heterocycles. The molecule has 6 nitrogen and oxygen atoms in total. The summed E-state index contributed by atoms with van der Waals surface area (Å²) < 4.78 is 7.05. The number of carbonyl (C=O) groups is 1. The molecule has 0 spiro atoms. The van der Waals surface area contributed by atoms with Crippen molar-refractivity contribution in [3.05, 3.63) is 40.4 Å². The second-order valence-corrected chi connectivity index (χ2v) is 11.2. The van der Waals surface area contributed by atoms with E-state index in [-0.39, 0.29) is 24.0 Å². The van der Waals surface area contributed by atoms with E-state index in [1.807, 2.05) is 18.2 Å². The smallest absolute Gasteiger partial charge is 0.374 e. The third-order valence-corrected chi connectivity index (χ3v) is 9.16. The van der Waals surface area contributed by atoms with Gasteiger partial charge in [-0.15, -0.1) is 0 Å². The summed E-state index contributed by atoms with van der Waals surface area (Å²) in [5, 5.41) is 0.586. The molecule has 1 aromatic carbocycles. The molecule has 0 amide bonds. The van der Waals surface area contributed by atoms with Gasteiger partial charge in [-0.1, -0.05) is 37.8 Å². The monoisotopic (exact) mass is 463 g/mol. The van der Waals surface area contributed by atoms with Crippen molar-refractivity contribution < 1.29 is 9.53 Å². The molecule has 2 aliphatic heterocycles. The first-order valence-corrected chi connectivity index (χ1v) is 13.6. The van der Waals surface area contributed by atoms with E-state index in [1.54, 1.807) is 17.6 Å². The molecule has 4 fully saturated rings. The number of esters is 1. The first-order valence-electron chi connectivity index (χ1n) is 13.6. The van der Waals surface area contributed by atoms with Crippen LogP contribution in [0.1, 0.15) is 94.2 Å². The molecule has 4 bridgehead atoms. The number of fused-ring (bicyclic) bond motifs is 5. The van der Waals surface area contributed by atoms with E-state index >= 15 is 0 Å². The third-order valence-electron chi connectivity index (χ3n) is 9.16. The maximum Gasteiger partial charge on any atom is 0.374 e. The van der Waals surface area contributed by atoms with Gasteiger partial charge in [0.1, 0.15) is 0 Å². The summed E-state index contributed by atoms with van der Waals surface area (Å²) in [7, 11) is 0. The van der Waals surface area contributed by atoms with E-state index in [2.05, 4.69) is 9.88 Å². The van der Waals surface area contributed by atoms with E-state index < -0.39 is 5.97 Å². The van der Waals surface area contributed by atoms with Crippen LogP contribution in [0.2, 0.25) is 0 Å². The minimum absolute atomic E-state index is 0.00125. The van der Waals surface area contributed by atoms with Crippen molar-refractivity contribution in [1.29, 1.82) is 0 Å². The zero-order valence-electron chi connectivity index (χ0n) is 20.3. The number of piperidine rings is 2. The van der Waals surface area contributed by atoms with Crippen molar-refractivity contribution in [1.82, 2.24) is 14.5 Å². The lowest BCUT2D eigenvalue weighted by molar-refractivity contribution is -0.0495. The molecule has 0 N–H and O–H groups in total. The highest BCUT2D eigenvalue weighted by Crippen LogP contribution is 2.47. The van der Waals surface area contributed by atoms with Gasteiger partial charge in [-0.2, -0.15) is 0 Å². The first-order chi connectivity index (χ1) is 16.6. The van der Waals surface area contributed by atoms with Gasteiger partial charge in [0.05, 0.1) is 17.5 Å². The quantitative estimate of drug-likeness (QED) is 0.590. The number of hydrogen-bond acceptors (Lipinski definition) is 5. The fraction of sp³-hybridized carbons (Fsp3) is 0.679. The Balaban J connectivity index is 1.34. The fourth-order valence-electron chi connectivity index (χ4n) is 7.96. The van der Waals surface area contributed by atoms with Crippen LogP contribution < -0.4 is 5.56 Å². The number of rotatable bonds is 4. The average Bonchev–Trinajstić information content (AvgIpc) is 2.83. The van der Waals surface area contributed by atoms with Crippen LogP contribution in [0.4, 0.5) is 0 Å². The zero-order valence-corrected chi connectivity index (χ0v) is 20.3. The zero-order chi connectivity index (χ0) is 23.2. The Morgan fingerprint density at radius 3 is 2.29 bits per heavy atom. The fourth-order valence-corrected chi connectivity index (χ4v) is 7.96. The van der Waals surface area contributed by atoms with Gasteiger partial charge < -0.3 is 4.74 Å². The molecule has 6 atom stereocenters. The van der Waals surface area contributed by atoms with Gasteiger partial charge in [-0.3, -0.25) is 14.3 Å². The Kier molecular flexibility index (Phi) is 5.96. The Morgan fingerprint density at radius 2 is 1.59 bits per heavy atom. The van der Waals surface area contributed by atoms with Crippen molar-refractivity contribution in [2.75, 3.05) is 6.61 Å². The van der Waals surface area contributed by atoms with Crippen LogP contribution in [0.25, 0.3) is 10.9 Å². The third kappa shape index (κ3) is 3.88. The van der Waals surface area contributed by atoms with Crippen LogP contribution in [0.5, 0.6) is 0 Å². The van der Waals surface area contributed by atoms with Crippen LogP contribution >= 0.6 is 0 Å². The lowest BCUT2D eigenvalue weighted by Crippen LogP contribution is -2.58. The van der Waals surface area contributed by atoms with Crippen LogP contribution in [0.3, 0.4) is 0 Å². The molecule has 2 aliphatic carbocycles. The Morgan fingerprint density at radius 1 is 0.912 bits per heavy atom. The number of nitrogens with zero attached hydrogens (tertiary/aromatic N) is 3. The Labute approximate surface area is 201 Å². The first kappa shape index (κ1) is 22.3. The van der Waals surface area contributed by atoms with Crippen molar-refractivity contribution in [2.24, 2.45) is 11.8 Å². The molecule has 2 saturated carbocycles. The van der Waals surface area contributed by atoms with E-state index in [0.717, 1.165) is 24.7 Å². The molecule has 4 aliphatic rings. The normalized spacial score (nSPS) is 33.6. The maximum absolute atomic E-state index is 13.7. The maximum atomic E-state index is 13.7. The van der Waals surface area contributed by atoms with Crippen LogP contribution in [-0.2, 0) is 4.74 Å². The van der Waals surface area contributed by atoms with Gasteiger partial charge in [0.2, 0.25) is 5.82 Å². The van der Waals surface area contributed by atoms with Gasteiger partial charge in [0.15, 0.2) is 0 Å². The lowest BCUT2D eigenvalue weighted by atomic mass is 9.68. The summed E-state index contributed by atoms with van der Waals surface area (Å²) in [6.07, 6.45) is 13.9. The molecule has 3 heterocycles. The summed E-state index contributed by atoms with van der Waals surface area (Å²) in [6.45, 7) is 2.07. The van der Waals surface area contributed by atoms with E-state index in [1.165, 1.54) is 57.8 Å². The van der Waals surface area contributed by atoms with Crippen LogP contribution in [-0.4, -0.2) is 45.2 Å². The number of ether oxygens (including phenoxy) is 1. The molecule has 0 radical (unpaired) electrons. The van der Waals surface area contributed by atoms with Gasteiger partial charge in [-0.25, -0.2) is 9.78 Å². The molecular formula is C28H37N3O3. The highest BCUT2D eigenvalue weighted by Gasteiger charge is 2.45. The number of carbonyl (C=O) groups excluding carboxylic acids is 1. The lowest BCUT2D eigenvalue weighted by Gasteiger charge is -2.55. The topological polar surface area (TPSA) is 64.4 Å². The number of hydrogen-bond donors (Lipinski definition) is 0. The minimum Gasteiger partial charge on any atom is -0.460 e. The molecule has 2 aromatic rings. The molecular weight excluding hydrogens is 426 g/mol. The highest BCUT2D eigenvalue weighted by molar-refractivity contribution is 5.89. The van der Waals surface area contributed by atoms with Crippen LogP contribution in [0, 0.1) is 11.8 Å². The highest BCUT2D eigenvalue weighted by atomic mass is 16.5. The number of benzene rings is 1. The molecule has 6 rings (SSSR count). The second-order valence-electron chi connectivity index (χ2n) is 11.2. The Bertz CT molecular complexity index is 1100. The van der Waals surface area contributed by atoms with Crippen LogP contribution in [0.15, 0.2) is 29.1 Å². The molecule has 34 heavy (non-hydrogen) atoms. The summed E-state index contributed by atoms with van der Waals surface area (Å²) in [5.74, 6) is 1.52. The molecule has 0 unspecified atom stereocenters. The van der Waals surface area contributed by atoms with Crippen molar-refractivity contribution in [2.45, 2.75) is 102 Å². The summed E-state index contributed by atoms with van der Waals surface area (Å²) in [6, 6.07) is 9.06. The van der Waals surface area contributed by atoms with Crippen molar-refractivity contribution in [3.63, 3.8) is 0 Å². The predicted octanol–water partition coefficient (Wildman–Crippen LogP) is 5.10. The molecule has 182 valence electrons. The SMILES string of the molecule is CCOC(=O)c1nc2ccccc2c(=O)n1[C@@H]1C[C@H]2CCC[C@@H](C1)N2[C@@H]1C[C@@H]2CCC[C@@H](C2)C1. The number of para-hydroxylation sites is 1. The van der Waals surface area contributed by atoms with Gasteiger partial charge >= 0.3 is 5.97 Å². The van der Waals surface area contributed by atoms with Gasteiger partial charge in [0, 0.05) is 24.2 Å². The molecule has 2 saturated heterocycles. The minimum atomic E-state index is -0.488. The largest absolute Gasteiger partial charge is 0.460 e. The Hall–Kier alpha value is -2.21. The molecule has 6 heteroatoms. The summed E-state index contributed by atoms with van der Waals surface area (Å²) in [5.41, 5.74) is 0.468. The van der Waals surface area contributed by atoms with E-state index in [9.17, 15) is 9.59 Å². The van der Waals surface area contributed by atoms with Gasteiger partial charge in [-0.05, 0) is 75.8 Å². The van der Waals surface area contributed by atoms with Crippen molar-refractivity contribution >= 4 is 16.9 Å². The van der Waals surface area contributed by atoms with E-state index in [0.29, 0.717) is 29.0 Å². The van der Waals surface area contributed by atoms with E-state index in [4.69, 9.17) is 4.74 Å². The summed E-state index contributed by atoms with van der Waals surface area (Å²) in [4.78, 5) is 34.1. The summed E-state index contributed by atoms with van der Waals surface area (Å²) >= 11 is 0.